The van der Waals surface area contributed by atoms with Crippen LogP contribution in [0.1, 0.15) is 35.2 Å². The third-order valence-electron chi connectivity index (χ3n) is 5.75. The molecule has 2 heterocycles. The first-order chi connectivity index (χ1) is 13.7. The Labute approximate surface area is 165 Å². The first kappa shape index (κ1) is 18.9. The largest absolute Gasteiger partial charge is 0.490 e. The minimum Gasteiger partial charge on any atom is -0.490 e. The summed E-state index contributed by atoms with van der Waals surface area (Å²) in [6, 6.07) is 14.2. The van der Waals surface area contributed by atoms with Gasteiger partial charge in [-0.1, -0.05) is 18.2 Å². The number of nitrogens with zero attached hydrogens (tertiary/aromatic N) is 2. The number of carbonyl (C=O) groups is 1. The Hall–Kier alpha value is -2.40. The summed E-state index contributed by atoms with van der Waals surface area (Å²) in [6.07, 6.45) is 4.08. The number of hydrogen-bond acceptors (Lipinski definition) is 3. The molecule has 0 saturated carbocycles. The number of rotatable bonds is 5. The zero-order chi connectivity index (χ0) is 19.3. The first-order valence-electron chi connectivity index (χ1n) is 10.2. The van der Waals surface area contributed by atoms with E-state index in [0.717, 1.165) is 69.7 Å². The van der Waals surface area contributed by atoms with Crippen molar-refractivity contribution in [3.8, 4) is 5.75 Å². The van der Waals surface area contributed by atoms with E-state index in [2.05, 4.69) is 11.0 Å². The van der Waals surface area contributed by atoms with Gasteiger partial charge in [0.2, 0.25) is 0 Å². The van der Waals surface area contributed by atoms with Gasteiger partial charge in [-0.25, -0.2) is 4.39 Å². The maximum atomic E-state index is 13.0. The number of carbonyl (C=O) groups excluding carboxylic acids is 1. The molecule has 4 nitrogen and oxygen atoms in total. The molecule has 2 aliphatic heterocycles. The van der Waals surface area contributed by atoms with Gasteiger partial charge in [-0.3, -0.25) is 4.79 Å². The quantitative estimate of drug-likeness (QED) is 0.789. The fourth-order valence-electron chi connectivity index (χ4n) is 4.11. The van der Waals surface area contributed by atoms with Crippen molar-refractivity contribution in [1.29, 1.82) is 0 Å². The molecule has 1 amide bonds. The van der Waals surface area contributed by atoms with E-state index in [4.69, 9.17) is 4.74 Å². The van der Waals surface area contributed by atoms with Crippen molar-refractivity contribution in [2.45, 2.75) is 31.8 Å². The zero-order valence-corrected chi connectivity index (χ0v) is 16.1. The van der Waals surface area contributed by atoms with Crippen LogP contribution < -0.4 is 4.74 Å². The molecule has 1 saturated heterocycles. The Bertz CT molecular complexity index is 801. The molecule has 0 aliphatic carbocycles. The molecule has 28 heavy (non-hydrogen) atoms. The predicted octanol–water partition coefficient (Wildman–Crippen LogP) is 3.76. The molecule has 0 N–H and O–H groups in total. The van der Waals surface area contributed by atoms with Gasteiger partial charge in [0.05, 0.1) is 0 Å². The lowest BCUT2D eigenvalue weighted by Crippen LogP contribution is -2.43. The van der Waals surface area contributed by atoms with E-state index in [1.807, 2.05) is 23.1 Å². The molecule has 148 valence electrons. The van der Waals surface area contributed by atoms with Crippen molar-refractivity contribution in [3.63, 3.8) is 0 Å². The molecule has 4 rings (SSSR count). The molecule has 2 aromatic rings. The van der Waals surface area contributed by atoms with E-state index in [0.29, 0.717) is 0 Å². The van der Waals surface area contributed by atoms with Gasteiger partial charge in [-0.05, 0) is 61.6 Å². The van der Waals surface area contributed by atoms with Crippen LogP contribution in [0.2, 0.25) is 0 Å². The van der Waals surface area contributed by atoms with Gasteiger partial charge in [-0.15, -0.1) is 0 Å². The minimum atomic E-state index is -0.243. The summed E-state index contributed by atoms with van der Waals surface area (Å²) >= 11 is 0. The van der Waals surface area contributed by atoms with Crippen LogP contribution in [-0.2, 0) is 6.42 Å². The molecule has 1 fully saturated rings. The van der Waals surface area contributed by atoms with Crippen molar-refractivity contribution in [2.75, 3.05) is 32.7 Å². The van der Waals surface area contributed by atoms with Crippen LogP contribution in [-0.4, -0.2) is 54.5 Å². The highest BCUT2D eigenvalue weighted by Crippen LogP contribution is 2.21. The fourth-order valence-corrected chi connectivity index (χ4v) is 4.11. The standard InChI is InChI=1S/C23H27FN2O2/c24-19-7-9-20(10-8-19)28-21-11-14-25(15-12-21)16-17-26-13-3-5-18-4-1-2-6-22(18)23(26)27/h1-2,4,6-10,21H,3,5,11-17H2. The van der Waals surface area contributed by atoms with E-state index in [-0.39, 0.29) is 17.8 Å². The Morgan fingerprint density at radius 1 is 0.964 bits per heavy atom. The highest BCUT2D eigenvalue weighted by atomic mass is 19.1. The molecule has 0 unspecified atom stereocenters. The summed E-state index contributed by atoms with van der Waals surface area (Å²) in [5.41, 5.74) is 2.04. The van der Waals surface area contributed by atoms with Crippen molar-refractivity contribution >= 4 is 5.91 Å². The average molecular weight is 382 g/mol. The fraction of sp³-hybridized carbons (Fsp3) is 0.435. The number of amides is 1. The molecular weight excluding hydrogens is 355 g/mol. The third-order valence-corrected chi connectivity index (χ3v) is 5.75. The van der Waals surface area contributed by atoms with Gasteiger partial charge >= 0.3 is 0 Å². The number of aryl methyl sites for hydroxylation is 1. The normalized spacial score (nSPS) is 18.6. The number of likely N-dealkylation sites (tertiary alicyclic amines) is 1. The third kappa shape index (κ3) is 4.53. The Kier molecular flexibility index (Phi) is 5.91. The second kappa shape index (κ2) is 8.74. The van der Waals surface area contributed by atoms with Gasteiger partial charge < -0.3 is 14.5 Å². The number of benzene rings is 2. The summed E-state index contributed by atoms with van der Waals surface area (Å²) in [6.45, 7) is 4.43. The van der Waals surface area contributed by atoms with Crippen LogP contribution in [0, 0.1) is 5.82 Å². The number of fused-ring (bicyclic) bond motifs is 1. The van der Waals surface area contributed by atoms with E-state index in [1.54, 1.807) is 12.1 Å². The summed E-state index contributed by atoms with van der Waals surface area (Å²) in [4.78, 5) is 17.3. The van der Waals surface area contributed by atoms with E-state index in [9.17, 15) is 9.18 Å². The van der Waals surface area contributed by atoms with E-state index < -0.39 is 0 Å². The van der Waals surface area contributed by atoms with Crippen LogP contribution in [0.5, 0.6) is 5.75 Å². The maximum Gasteiger partial charge on any atom is 0.254 e. The van der Waals surface area contributed by atoms with Gasteiger partial charge in [0, 0.05) is 38.3 Å². The Balaban J connectivity index is 1.25. The SMILES string of the molecule is O=C1c2ccccc2CCCN1CCN1CCC(Oc2ccc(F)cc2)CC1. The van der Waals surface area contributed by atoms with Gasteiger partial charge in [0.25, 0.3) is 5.91 Å². The Morgan fingerprint density at radius 2 is 1.71 bits per heavy atom. The number of hydrogen-bond donors (Lipinski definition) is 0. The summed E-state index contributed by atoms with van der Waals surface area (Å²) in [7, 11) is 0. The van der Waals surface area contributed by atoms with Crippen molar-refractivity contribution in [1.82, 2.24) is 9.80 Å². The second-order valence-corrected chi connectivity index (χ2v) is 7.67. The van der Waals surface area contributed by atoms with Crippen LogP contribution in [0.25, 0.3) is 0 Å². The zero-order valence-electron chi connectivity index (χ0n) is 16.1. The highest BCUT2D eigenvalue weighted by Gasteiger charge is 2.24. The monoisotopic (exact) mass is 382 g/mol. The van der Waals surface area contributed by atoms with Crippen molar-refractivity contribution in [2.24, 2.45) is 0 Å². The van der Waals surface area contributed by atoms with E-state index >= 15 is 0 Å². The van der Waals surface area contributed by atoms with Crippen LogP contribution >= 0.6 is 0 Å². The predicted molar refractivity (Wildman–Crippen MR) is 107 cm³/mol. The molecule has 2 aliphatic rings. The molecule has 2 aromatic carbocycles. The average Bonchev–Trinajstić information content (AvgIpc) is 2.88. The molecule has 0 atom stereocenters. The van der Waals surface area contributed by atoms with Gasteiger partial charge in [0.1, 0.15) is 17.7 Å². The molecule has 0 radical (unpaired) electrons. The lowest BCUT2D eigenvalue weighted by Gasteiger charge is -2.33. The lowest BCUT2D eigenvalue weighted by atomic mass is 10.0. The molecule has 5 heteroatoms. The highest BCUT2D eigenvalue weighted by molar-refractivity contribution is 5.96. The summed E-state index contributed by atoms with van der Waals surface area (Å²) in [5.74, 6) is 0.657. The number of ether oxygens (including phenoxy) is 1. The molecule has 0 spiro atoms. The van der Waals surface area contributed by atoms with Gasteiger partial charge in [-0.2, -0.15) is 0 Å². The second-order valence-electron chi connectivity index (χ2n) is 7.67. The molecular formula is C23H27FN2O2. The molecule has 0 aromatic heterocycles. The van der Waals surface area contributed by atoms with Crippen LogP contribution in [0.15, 0.2) is 48.5 Å². The number of piperidine rings is 1. The summed E-state index contributed by atoms with van der Waals surface area (Å²) in [5, 5.41) is 0. The van der Waals surface area contributed by atoms with Gasteiger partial charge in [0.15, 0.2) is 0 Å². The van der Waals surface area contributed by atoms with Crippen LogP contribution in [0.4, 0.5) is 4.39 Å². The number of halogens is 1. The smallest absolute Gasteiger partial charge is 0.254 e. The lowest BCUT2D eigenvalue weighted by molar-refractivity contribution is 0.0687. The Morgan fingerprint density at radius 3 is 2.50 bits per heavy atom. The van der Waals surface area contributed by atoms with Crippen molar-refractivity contribution < 1.29 is 13.9 Å². The maximum absolute atomic E-state index is 13.0. The first-order valence-corrected chi connectivity index (χ1v) is 10.2. The minimum absolute atomic E-state index is 0.169. The van der Waals surface area contributed by atoms with E-state index in [1.165, 1.54) is 17.7 Å². The van der Waals surface area contributed by atoms with Crippen molar-refractivity contribution in [3.05, 3.63) is 65.5 Å². The van der Waals surface area contributed by atoms with Crippen LogP contribution in [0.3, 0.4) is 0 Å². The molecule has 0 bridgehead atoms. The topological polar surface area (TPSA) is 32.8 Å². The summed E-state index contributed by atoms with van der Waals surface area (Å²) < 4.78 is 19.0.